The Hall–Kier alpha value is -2.08. The van der Waals surface area contributed by atoms with Gasteiger partial charge in [-0.3, -0.25) is 0 Å². The number of hydrogen-bond donors (Lipinski definition) is 1. The number of aryl methyl sites for hydroxylation is 1. The number of carbonyl (C=O) groups is 1. The molecule has 2 N–H and O–H groups in total. The Morgan fingerprint density at radius 1 is 1.38 bits per heavy atom. The van der Waals surface area contributed by atoms with Crippen molar-refractivity contribution in [1.82, 2.24) is 14.8 Å². The van der Waals surface area contributed by atoms with E-state index in [1.807, 2.05) is 4.57 Å². The molecule has 0 saturated carbocycles. The molecule has 110 valence electrons. The van der Waals surface area contributed by atoms with Gasteiger partial charge in [0.2, 0.25) is 0 Å². The van der Waals surface area contributed by atoms with Crippen molar-refractivity contribution >= 4 is 23.3 Å². The number of hydrogen-bond acceptors (Lipinski definition) is 5. The molecule has 21 heavy (non-hydrogen) atoms. The molecule has 7 heteroatoms. The Labute approximate surface area is 126 Å². The molecule has 1 aromatic heterocycles. The zero-order valence-corrected chi connectivity index (χ0v) is 12.1. The first-order chi connectivity index (χ1) is 10.1. The fourth-order valence-corrected chi connectivity index (χ4v) is 2.58. The van der Waals surface area contributed by atoms with E-state index in [-0.39, 0.29) is 6.61 Å². The van der Waals surface area contributed by atoms with E-state index >= 15 is 0 Å². The number of anilines is 1. The average Bonchev–Trinajstić information content (AvgIpc) is 2.88. The van der Waals surface area contributed by atoms with Gasteiger partial charge in [-0.25, -0.2) is 4.79 Å². The third kappa shape index (κ3) is 2.85. The highest BCUT2D eigenvalue weighted by Gasteiger charge is 2.18. The highest BCUT2D eigenvalue weighted by atomic mass is 35.5. The van der Waals surface area contributed by atoms with E-state index < -0.39 is 5.97 Å². The van der Waals surface area contributed by atoms with Crippen LogP contribution in [0.4, 0.5) is 5.69 Å². The molecule has 1 aromatic carbocycles. The van der Waals surface area contributed by atoms with Crippen LogP contribution >= 0.6 is 11.6 Å². The fraction of sp³-hybridized carbons (Fsp3) is 0.357. The van der Waals surface area contributed by atoms with Gasteiger partial charge in [0.15, 0.2) is 12.4 Å². The van der Waals surface area contributed by atoms with Crippen LogP contribution in [0.1, 0.15) is 34.8 Å². The van der Waals surface area contributed by atoms with Crippen molar-refractivity contribution in [2.24, 2.45) is 0 Å². The van der Waals surface area contributed by atoms with E-state index in [1.54, 1.807) is 12.1 Å². The summed E-state index contributed by atoms with van der Waals surface area (Å²) in [7, 11) is 0. The van der Waals surface area contributed by atoms with Gasteiger partial charge in [0, 0.05) is 23.7 Å². The first-order valence-electron chi connectivity index (χ1n) is 6.78. The molecule has 2 heterocycles. The summed E-state index contributed by atoms with van der Waals surface area (Å²) in [5.74, 6) is 1.14. The van der Waals surface area contributed by atoms with Crippen LogP contribution in [0.5, 0.6) is 0 Å². The summed E-state index contributed by atoms with van der Waals surface area (Å²) in [5, 5.41) is 8.68. The van der Waals surface area contributed by atoms with Crippen LogP contribution in [0.25, 0.3) is 0 Å². The smallest absolute Gasteiger partial charge is 0.340 e. The summed E-state index contributed by atoms with van der Waals surface area (Å²) in [6.45, 7) is 0.964. The predicted molar refractivity (Wildman–Crippen MR) is 77.9 cm³/mol. The van der Waals surface area contributed by atoms with Crippen molar-refractivity contribution in [1.29, 1.82) is 0 Å². The van der Waals surface area contributed by atoms with Crippen LogP contribution in [-0.4, -0.2) is 20.7 Å². The lowest BCUT2D eigenvalue weighted by Gasteiger charge is -2.14. The molecule has 0 atom stereocenters. The first-order valence-corrected chi connectivity index (χ1v) is 7.16. The number of rotatable bonds is 3. The van der Waals surface area contributed by atoms with E-state index in [0.29, 0.717) is 22.1 Å². The van der Waals surface area contributed by atoms with Crippen LogP contribution < -0.4 is 5.73 Å². The summed E-state index contributed by atoms with van der Waals surface area (Å²) < 4.78 is 7.29. The second-order valence-electron chi connectivity index (χ2n) is 4.95. The summed E-state index contributed by atoms with van der Waals surface area (Å²) in [6, 6.07) is 4.68. The van der Waals surface area contributed by atoms with Gasteiger partial charge < -0.3 is 15.0 Å². The van der Waals surface area contributed by atoms with Gasteiger partial charge in [0.25, 0.3) is 0 Å². The molecule has 6 nitrogen and oxygen atoms in total. The molecule has 0 aliphatic carbocycles. The van der Waals surface area contributed by atoms with E-state index in [0.717, 1.165) is 31.6 Å². The van der Waals surface area contributed by atoms with Gasteiger partial charge in [-0.15, -0.1) is 10.2 Å². The normalized spacial score (nSPS) is 13.8. The van der Waals surface area contributed by atoms with E-state index in [4.69, 9.17) is 22.1 Å². The monoisotopic (exact) mass is 306 g/mol. The highest BCUT2D eigenvalue weighted by Crippen LogP contribution is 2.20. The van der Waals surface area contributed by atoms with E-state index in [2.05, 4.69) is 10.2 Å². The number of aromatic nitrogens is 3. The Morgan fingerprint density at radius 2 is 2.24 bits per heavy atom. The Bertz CT molecular complexity index is 684. The maximum atomic E-state index is 12.0. The number of benzene rings is 1. The fourth-order valence-electron chi connectivity index (χ4n) is 2.40. The minimum absolute atomic E-state index is 0.0912. The SMILES string of the molecule is Nc1cc(Cl)ccc1C(=O)OCc1nnc2n1CCCC2. The number of nitrogen functional groups attached to an aromatic ring is 1. The predicted octanol–water partition coefficient (Wildman–Crippen LogP) is 2.21. The lowest BCUT2D eigenvalue weighted by Crippen LogP contribution is -2.15. The quantitative estimate of drug-likeness (QED) is 0.694. The third-order valence-electron chi connectivity index (χ3n) is 3.50. The van der Waals surface area contributed by atoms with Crippen LogP contribution in [0.3, 0.4) is 0 Å². The summed E-state index contributed by atoms with van der Waals surface area (Å²) in [6.07, 6.45) is 3.14. The van der Waals surface area contributed by atoms with Crippen molar-refractivity contribution in [2.45, 2.75) is 32.4 Å². The van der Waals surface area contributed by atoms with E-state index in [1.165, 1.54) is 6.07 Å². The molecule has 2 aromatic rings. The van der Waals surface area contributed by atoms with Gasteiger partial charge in [0.1, 0.15) is 5.82 Å². The largest absolute Gasteiger partial charge is 0.454 e. The molecular weight excluding hydrogens is 292 g/mol. The number of halogens is 1. The Balaban J connectivity index is 1.70. The van der Waals surface area contributed by atoms with Gasteiger partial charge >= 0.3 is 5.97 Å². The first kappa shape index (κ1) is 13.9. The van der Waals surface area contributed by atoms with Gasteiger partial charge in [-0.2, -0.15) is 0 Å². The van der Waals surface area contributed by atoms with Gasteiger partial charge in [-0.1, -0.05) is 11.6 Å². The molecule has 0 spiro atoms. The number of nitrogens with zero attached hydrogens (tertiary/aromatic N) is 3. The summed E-state index contributed by atoms with van der Waals surface area (Å²) in [5.41, 5.74) is 6.37. The van der Waals surface area contributed by atoms with Crippen LogP contribution in [-0.2, 0) is 24.3 Å². The number of esters is 1. The second kappa shape index (κ2) is 5.73. The molecule has 0 fully saturated rings. The number of carbonyl (C=O) groups excluding carboxylic acids is 1. The lowest BCUT2D eigenvalue weighted by molar-refractivity contribution is 0.0458. The number of ether oxygens (including phenoxy) is 1. The molecule has 1 aliphatic rings. The van der Waals surface area contributed by atoms with Crippen molar-refractivity contribution < 1.29 is 9.53 Å². The second-order valence-corrected chi connectivity index (χ2v) is 5.39. The van der Waals surface area contributed by atoms with Crippen molar-refractivity contribution in [3.63, 3.8) is 0 Å². The van der Waals surface area contributed by atoms with Gasteiger partial charge in [-0.05, 0) is 31.0 Å². The molecule has 0 radical (unpaired) electrons. The van der Waals surface area contributed by atoms with Gasteiger partial charge in [0.05, 0.1) is 5.56 Å². The van der Waals surface area contributed by atoms with Crippen molar-refractivity contribution in [3.8, 4) is 0 Å². The Morgan fingerprint density at radius 3 is 3.05 bits per heavy atom. The maximum absolute atomic E-state index is 12.0. The number of nitrogens with two attached hydrogens (primary N) is 1. The molecular formula is C14H15ClN4O2. The zero-order chi connectivity index (χ0) is 14.8. The molecule has 0 saturated heterocycles. The number of fused-ring (bicyclic) bond motifs is 1. The molecule has 3 rings (SSSR count). The molecule has 0 bridgehead atoms. The maximum Gasteiger partial charge on any atom is 0.340 e. The zero-order valence-electron chi connectivity index (χ0n) is 11.4. The highest BCUT2D eigenvalue weighted by molar-refractivity contribution is 6.31. The van der Waals surface area contributed by atoms with E-state index in [9.17, 15) is 4.79 Å². The topological polar surface area (TPSA) is 83.0 Å². The molecule has 0 amide bonds. The third-order valence-corrected chi connectivity index (χ3v) is 3.74. The average molecular weight is 307 g/mol. The van der Waals surface area contributed by atoms with Crippen molar-refractivity contribution in [3.05, 3.63) is 40.4 Å². The van der Waals surface area contributed by atoms with Crippen LogP contribution in [0, 0.1) is 0 Å². The minimum Gasteiger partial charge on any atom is -0.454 e. The molecule has 0 unspecified atom stereocenters. The summed E-state index contributed by atoms with van der Waals surface area (Å²) >= 11 is 5.81. The lowest BCUT2D eigenvalue weighted by atomic mass is 10.2. The standard InChI is InChI=1S/C14H15ClN4O2/c15-9-4-5-10(11(16)7-9)14(20)21-8-13-18-17-12-3-1-2-6-19(12)13/h4-5,7H,1-3,6,8,16H2. The van der Waals surface area contributed by atoms with Crippen molar-refractivity contribution in [2.75, 3.05) is 5.73 Å². The minimum atomic E-state index is -0.489. The Kier molecular flexibility index (Phi) is 3.79. The summed E-state index contributed by atoms with van der Waals surface area (Å²) in [4.78, 5) is 12.0. The van der Waals surface area contributed by atoms with Crippen LogP contribution in [0.15, 0.2) is 18.2 Å². The van der Waals surface area contributed by atoms with Crippen LogP contribution in [0.2, 0.25) is 5.02 Å². The molecule has 1 aliphatic heterocycles.